The van der Waals surface area contributed by atoms with Crippen LogP contribution in [-0.4, -0.2) is 55.0 Å². The van der Waals surface area contributed by atoms with Crippen molar-refractivity contribution in [3.8, 4) is 11.1 Å². The quantitative estimate of drug-likeness (QED) is 0.469. The van der Waals surface area contributed by atoms with Crippen molar-refractivity contribution >= 4 is 23.8 Å². The van der Waals surface area contributed by atoms with Crippen molar-refractivity contribution in [2.45, 2.75) is 31.2 Å². The number of aliphatic carboxylic acids is 1. The Morgan fingerprint density at radius 1 is 1.03 bits per heavy atom. The van der Waals surface area contributed by atoms with Gasteiger partial charge in [-0.25, -0.2) is 9.59 Å². The van der Waals surface area contributed by atoms with Crippen LogP contribution in [0.25, 0.3) is 11.1 Å². The fourth-order valence-electron chi connectivity index (χ4n) is 3.79. The van der Waals surface area contributed by atoms with Gasteiger partial charge in [0.2, 0.25) is 0 Å². The fraction of sp³-hybridized carbons (Fsp3) is 0.417. The molecule has 6 nitrogen and oxygen atoms in total. The zero-order valence-electron chi connectivity index (χ0n) is 17.7. The first-order chi connectivity index (χ1) is 15.1. The summed E-state index contributed by atoms with van der Waals surface area (Å²) in [6, 6.07) is 15.2. The number of thioether (sulfide) groups is 1. The van der Waals surface area contributed by atoms with Gasteiger partial charge < -0.3 is 19.9 Å². The molecule has 166 valence electrons. The Bertz CT molecular complexity index is 842. The van der Waals surface area contributed by atoms with Gasteiger partial charge in [-0.1, -0.05) is 48.5 Å². The molecule has 0 spiro atoms. The van der Waals surface area contributed by atoms with Crippen molar-refractivity contribution in [3.63, 3.8) is 0 Å². The molecule has 1 amide bonds. The van der Waals surface area contributed by atoms with E-state index < -0.39 is 18.1 Å². The minimum absolute atomic E-state index is 0.0518. The second kappa shape index (κ2) is 11.8. The van der Waals surface area contributed by atoms with Crippen LogP contribution >= 0.6 is 11.8 Å². The van der Waals surface area contributed by atoms with Crippen LogP contribution in [-0.2, 0) is 14.3 Å². The number of carbonyl (C=O) groups excluding carboxylic acids is 1. The molecule has 2 aromatic rings. The molecule has 1 unspecified atom stereocenters. The van der Waals surface area contributed by atoms with Gasteiger partial charge in [0.15, 0.2) is 0 Å². The number of carbonyl (C=O) groups is 2. The number of carboxylic acids is 1. The summed E-state index contributed by atoms with van der Waals surface area (Å²) < 4.78 is 10.5. The van der Waals surface area contributed by atoms with E-state index in [2.05, 4.69) is 17.4 Å². The van der Waals surface area contributed by atoms with Gasteiger partial charge in [0.25, 0.3) is 0 Å². The molecule has 0 saturated carbocycles. The lowest BCUT2D eigenvalue weighted by atomic mass is 9.98. The number of benzene rings is 2. The Labute approximate surface area is 187 Å². The molecule has 0 radical (unpaired) electrons. The Hall–Kier alpha value is -2.51. The summed E-state index contributed by atoms with van der Waals surface area (Å²) in [5, 5.41) is 11.9. The maximum absolute atomic E-state index is 12.3. The van der Waals surface area contributed by atoms with E-state index in [1.807, 2.05) is 36.4 Å². The highest BCUT2D eigenvalue weighted by atomic mass is 32.2. The monoisotopic (exact) mass is 443 g/mol. The number of methoxy groups -OCH3 is 1. The summed E-state index contributed by atoms with van der Waals surface area (Å²) in [5.41, 5.74) is 4.54. The molecule has 1 atom stereocenters. The number of hydrogen-bond acceptors (Lipinski definition) is 5. The summed E-state index contributed by atoms with van der Waals surface area (Å²) in [6.07, 6.45) is 1.67. The highest BCUT2D eigenvalue weighted by Crippen LogP contribution is 2.44. The van der Waals surface area contributed by atoms with Gasteiger partial charge in [-0.2, -0.15) is 11.8 Å². The van der Waals surface area contributed by atoms with Gasteiger partial charge in [-0.05, 0) is 53.0 Å². The van der Waals surface area contributed by atoms with Gasteiger partial charge in [0.05, 0.1) is 0 Å². The zero-order valence-corrected chi connectivity index (χ0v) is 18.5. The molecule has 2 N–H and O–H groups in total. The van der Waals surface area contributed by atoms with Gasteiger partial charge in [0.1, 0.15) is 12.6 Å². The van der Waals surface area contributed by atoms with Crippen molar-refractivity contribution < 1.29 is 24.2 Å². The summed E-state index contributed by atoms with van der Waals surface area (Å²) in [5.74, 6) is 0.506. The molecule has 0 aliphatic heterocycles. The number of hydrogen-bond donors (Lipinski definition) is 2. The molecule has 0 fully saturated rings. The van der Waals surface area contributed by atoms with Crippen molar-refractivity contribution in [1.82, 2.24) is 5.32 Å². The molecule has 0 aromatic heterocycles. The number of nitrogens with one attached hydrogen (secondary N) is 1. The lowest BCUT2D eigenvalue weighted by molar-refractivity contribution is -0.139. The average Bonchev–Trinajstić information content (AvgIpc) is 3.10. The van der Waals surface area contributed by atoms with Crippen LogP contribution in [0.15, 0.2) is 48.5 Å². The van der Waals surface area contributed by atoms with Crippen LogP contribution < -0.4 is 5.32 Å². The molecule has 1 aliphatic carbocycles. The minimum atomic E-state index is -1.05. The minimum Gasteiger partial charge on any atom is -0.480 e. The molecule has 0 bridgehead atoms. The predicted molar refractivity (Wildman–Crippen MR) is 123 cm³/mol. The molecule has 0 heterocycles. The summed E-state index contributed by atoms with van der Waals surface area (Å²) in [4.78, 5) is 23.9. The van der Waals surface area contributed by atoms with Crippen LogP contribution in [0.2, 0.25) is 0 Å². The SMILES string of the molecule is COCCCCSCCC(NC(=O)OCC1c2ccccc2-c2ccccc21)C(=O)O. The summed E-state index contributed by atoms with van der Waals surface area (Å²) in [6.45, 7) is 0.905. The maximum Gasteiger partial charge on any atom is 0.407 e. The second-order valence-electron chi connectivity index (χ2n) is 7.46. The number of carboxylic acid groups (broad SMARTS) is 1. The molecule has 7 heteroatoms. The number of alkyl carbamates (subject to hydrolysis) is 1. The first kappa shape index (κ1) is 23.2. The van der Waals surface area contributed by atoms with Crippen molar-refractivity contribution in [2.75, 3.05) is 31.8 Å². The number of unbranched alkanes of at least 4 members (excludes halogenated alkanes) is 1. The van der Waals surface area contributed by atoms with Crippen LogP contribution in [0.3, 0.4) is 0 Å². The molecule has 3 rings (SSSR count). The Kier molecular flexibility index (Phi) is 8.79. The Morgan fingerprint density at radius 3 is 2.29 bits per heavy atom. The highest BCUT2D eigenvalue weighted by molar-refractivity contribution is 7.99. The number of fused-ring (bicyclic) bond motifs is 3. The first-order valence-electron chi connectivity index (χ1n) is 10.5. The molecule has 1 aliphatic rings. The van der Waals surface area contributed by atoms with E-state index in [-0.39, 0.29) is 12.5 Å². The van der Waals surface area contributed by atoms with Crippen molar-refractivity contribution in [3.05, 3.63) is 59.7 Å². The van der Waals surface area contributed by atoms with E-state index in [1.54, 1.807) is 18.9 Å². The van der Waals surface area contributed by atoms with E-state index in [0.29, 0.717) is 12.2 Å². The third-order valence-electron chi connectivity index (χ3n) is 5.37. The van der Waals surface area contributed by atoms with E-state index in [0.717, 1.165) is 47.5 Å². The number of ether oxygens (including phenoxy) is 2. The first-order valence-corrected chi connectivity index (χ1v) is 11.7. The van der Waals surface area contributed by atoms with Gasteiger partial charge in [-0.15, -0.1) is 0 Å². The topological polar surface area (TPSA) is 84.9 Å². The Balaban J connectivity index is 1.49. The largest absolute Gasteiger partial charge is 0.480 e. The van der Waals surface area contributed by atoms with E-state index in [1.165, 1.54) is 0 Å². The van der Waals surface area contributed by atoms with Crippen LogP contribution in [0, 0.1) is 0 Å². The lowest BCUT2D eigenvalue weighted by Gasteiger charge is -2.17. The van der Waals surface area contributed by atoms with Gasteiger partial charge in [-0.3, -0.25) is 0 Å². The molecule has 0 saturated heterocycles. The van der Waals surface area contributed by atoms with E-state index in [4.69, 9.17) is 9.47 Å². The summed E-state index contributed by atoms with van der Waals surface area (Å²) in [7, 11) is 1.68. The smallest absolute Gasteiger partial charge is 0.407 e. The molecular formula is C24H29NO5S. The van der Waals surface area contributed by atoms with E-state index in [9.17, 15) is 14.7 Å². The van der Waals surface area contributed by atoms with Crippen molar-refractivity contribution in [1.29, 1.82) is 0 Å². The standard InChI is InChI=1S/C24H29NO5S/c1-29-13-6-7-14-31-15-12-22(23(26)27)25-24(28)30-16-21-19-10-4-2-8-17(19)18-9-3-5-11-20(18)21/h2-5,8-11,21-22H,6-7,12-16H2,1H3,(H,25,28)(H,26,27). The fourth-order valence-corrected chi connectivity index (χ4v) is 4.81. The third kappa shape index (κ3) is 6.24. The summed E-state index contributed by atoms with van der Waals surface area (Å²) >= 11 is 1.68. The Morgan fingerprint density at radius 2 is 1.68 bits per heavy atom. The highest BCUT2D eigenvalue weighted by Gasteiger charge is 2.29. The van der Waals surface area contributed by atoms with Crippen LogP contribution in [0.4, 0.5) is 4.79 Å². The predicted octanol–water partition coefficient (Wildman–Crippen LogP) is 4.53. The third-order valence-corrected chi connectivity index (χ3v) is 6.47. The van der Waals surface area contributed by atoms with Crippen LogP contribution in [0.1, 0.15) is 36.3 Å². The number of amides is 1. The molecule has 31 heavy (non-hydrogen) atoms. The number of rotatable bonds is 12. The molecular weight excluding hydrogens is 414 g/mol. The lowest BCUT2D eigenvalue weighted by Crippen LogP contribution is -2.41. The zero-order chi connectivity index (χ0) is 22.1. The average molecular weight is 444 g/mol. The van der Waals surface area contributed by atoms with Gasteiger partial charge >= 0.3 is 12.1 Å². The van der Waals surface area contributed by atoms with Crippen molar-refractivity contribution in [2.24, 2.45) is 0 Å². The maximum atomic E-state index is 12.3. The normalized spacial score (nSPS) is 13.3. The molecule has 2 aromatic carbocycles. The second-order valence-corrected chi connectivity index (χ2v) is 8.69. The van der Waals surface area contributed by atoms with Crippen LogP contribution in [0.5, 0.6) is 0 Å². The van der Waals surface area contributed by atoms with Gasteiger partial charge in [0, 0.05) is 19.6 Å². The van der Waals surface area contributed by atoms with E-state index >= 15 is 0 Å².